The molecule has 0 aromatic heterocycles. The number of hydrogen-bond acceptors (Lipinski definition) is 4. The van der Waals surface area contributed by atoms with E-state index in [0.717, 1.165) is 6.42 Å². The number of ether oxygens (including phenoxy) is 1. The van der Waals surface area contributed by atoms with Crippen molar-refractivity contribution in [3.63, 3.8) is 0 Å². The Labute approximate surface area is 162 Å². The number of carbonyl (C=O) groups excluding carboxylic acids is 1. The third-order valence-electron chi connectivity index (χ3n) is 4.86. The maximum Gasteiger partial charge on any atom is 0.317 e. The molecule has 6 heteroatoms. The van der Waals surface area contributed by atoms with Crippen molar-refractivity contribution >= 4 is 11.9 Å². The molecule has 1 N–H and O–H groups in total. The summed E-state index contributed by atoms with van der Waals surface area (Å²) >= 11 is 0. The smallest absolute Gasteiger partial charge is 0.317 e. The Bertz CT molecular complexity index is 637. The molecule has 0 saturated carbocycles. The Hall–Kier alpha value is -1.92. The quantitative estimate of drug-likeness (QED) is 0.790. The lowest BCUT2D eigenvalue weighted by Gasteiger charge is -2.34. The van der Waals surface area contributed by atoms with E-state index in [4.69, 9.17) is 9.84 Å². The number of aliphatic carboxylic acids is 1. The van der Waals surface area contributed by atoms with Crippen LogP contribution in [0.3, 0.4) is 0 Å². The van der Waals surface area contributed by atoms with E-state index in [9.17, 15) is 9.59 Å². The van der Waals surface area contributed by atoms with Crippen molar-refractivity contribution in [2.24, 2.45) is 0 Å². The van der Waals surface area contributed by atoms with Gasteiger partial charge >= 0.3 is 5.97 Å². The molecule has 0 aliphatic carbocycles. The zero-order valence-corrected chi connectivity index (χ0v) is 16.9. The van der Waals surface area contributed by atoms with Gasteiger partial charge in [-0.25, -0.2) is 0 Å². The largest absolute Gasteiger partial charge is 0.480 e. The van der Waals surface area contributed by atoms with E-state index in [-0.39, 0.29) is 24.0 Å². The summed E-state index contributed by atoms with van der Waals surface area (Å²) in [6, 6.07) is 8.50. The number of nitrogens with zero attached hydrogens (tertiary/aromatic N) is 2. The molecule has 1 aromatic rings. The molecule has 1 aliphatic heterocycles. The summed E-state index contributed by atoms with van der Waals surface area (Å²) in [6.07, 6.45) is 1.06. The predicted molar refractivity (Wildman–Crippen MR) is 105 cm³/mol. The van der Waals surface area contributed by atoms with Crippen LogP contribution in [0.4, 0.5) is 0 Å². The van der Waals surface area contributed by atoms with Gasteiger partial charge in [-0.05, 0) is 30.0 Å². The second-order valence-electron chi connectivity index (χ2n) is 8.37. The molecule has 1 unspecified atom stereocenters. The van der Waals surface area contributed by atoms with Crippen LogP contribution in [0.1, 0.15) is 38.3 Å². The summed E-state index contributed by atoms with van der Waals surface area (Å²) in [5.41, 5.74) is 2.59. The summed E-state index contributed by atoms with van der Waals surface area (Å²) in [5.74, 6) is -0.734. The molecular weight excluding hydrogens is 344 g/mol. The monoisotopic (exact) mass is 376 g/mol. The normalized spacial score (nSPS) is 18.0. The highest BCUT2D eigenvalue weighted by molar-refractivity contribution is 5.76. The van der Waals surface area contributed by atoms with E-state index in [1.54, 1.807) is 11.9 Å². The van der Waals surface area contributed by atoms with Crippen LogP contribution in [0.5, 0.6) is 0 Å². The van der Waals surface area contributed by atoms with E-state index in [2.05, 4.69) is 45.0 Å². The summed E-state index contributed by atoms with van der Waals surface area (Å²) < 4.78 is 5.69. The molecule has 0 spiro atoms. The number of rotatable bonds is 7. The van der Waals surface area contributed by atoms with Crippen LogP contribution in [0.25, 0.3) is 0 Å². The zero-order valence-electron chi connectivity index (χ0n) is 16.9. The van der Waals surface area contributed by atoms with Gasteiger partial charge in [-0.15, -0.1) is 0 Å². The Kier molecular flexibility index (Phi) is 7.39. The number of morpholine rings is 1. The van der Waals surface area contributed by atoms with Crippen molar-refractivity contribution in [3.8, 4) is 0 Å². The third-order valence-corrected chi connectivity index (χ3v) is 4.86. The lowest BCUT2D eigenvalue weighted by molar-refractivity contribution is -0.142. The highest BCUT2D eigenvalue weighted by atomic mass is 16.5. The van der Waals surface area contributed by atoms with E-state index < -0.39 is 5.97 Å². The number of carboxylic acid groups (broad SMARTS) is 1. The van der Waals surface area contributed by atoms with Crippen LogP contribution < -0.4 is 0 Å². The molecule has 1 heterocycles. The van der Waals surface area contributed by atoms with Crippen LogP contribution in [-0.2, 0) is 26.2 Å². The summed E-state index contributed by atoms with van der Waals surface area (Å²) in [7, 11) is 1.75. The lowest BCUT2D eigenvalue weighted by Crippen LogP contribution is -2.49. The van der Waals surface area contributed by atoms with Gasteiger partial charge in [-0.2, -0.15) is 0 Å². The standard InChI is InChI=1S/C21H32N2O4/c1-21(2,3)17-8-5-16(6-9-17)7-10-19(24)23-11-12-27-18(14-23)13-22(4)15-20(25)26/h5-6,8-9,18H,7,10-15H2,1-4H3,(H,25,26). The fourth-order valence-corrected chi connectivity index (χ4v) is 3.28. The topological polar surface area (TPSA) is 70.1 Å². The molecule has 0 radical (unpaired) electrons. The third kappa shape index (κ3) is 6.96. The van der Waals surface area contributed by atoms with Crippen molar-refractivity contribution in [1.82, 2.24) is 9.80 Å². The van der Waals surface area contributed by atoms with Gasteiger partial charge in [-0.1, -0.05) is 45.0 Å². The number of hydrogen-bond donors (Lipinski definition) is 1. The van der Waals surface area contributed by atoms with Gasteiger partial charge in [0.2, 0.25) is 5.91 Å². The molecule has 1 aliphatic rings. The second-order valence-corrected chi connectivity index (χ2v) is 8.37. The van der Waals surface area contributed by atoms with E-state index in [1.165, 1.54) is 11.1 Å². The maximum atomic E-state index is 12.6. The van der Waals surface area contributed by atoms with Crippen LogP contribution in [0.15, 0.2) is 24.3 Å². The fraction of sp³-hybridized carbons (Fsp3) is 0.619. The first-order valence-corrected chi connectivity index (χ1v) is 9.54. The van der Waals surface area contributed by atoms with E-state index in [1.807, 2.05) is 4.90 Å². The Morgan fingerprint density at radius 1 is 1.26 bits per heavy atom. The number of likely N-dealkylation sites (N-methyl/N-ethyl adjacent to an activating group) is 1. The first-order chi connectivity index (χ1) is 12.6. The van der Waals surface area contributed by atoms with Crippen molar-refractivity contribution in [2.45, 2.75) is 45.1 Å². The van der Waals surface area contributed by atoms with E-state index in [0.29, 0.717) is 32.7 Å². The Morgan fingerprint density at radius 3 is 2.52 bits per heavy atom. The van der Waals surface area contributed by atoms with Crippen molar-refractivity contribution in [3.05, 3.63) is 35.4 Å². The molecular formula is C21H32N2O4. The average Bonchev–Trinajstić information content (AvgIpc) is 2.58. The number of amides is 1. The van der Waals surface area contributed by atoms with Crippen LogP contribution >= 0.6 is 0 Å². The fourth-order valence-electron chi connectivity index (χ4n) is 3.28. The first kappa shape index (κ1) is 21.4. The minimum atomic E-state index is -0.862. The van der Waals surface area contributed by atoms with E-state index >= 15 is 0 Å². The first-order valence-electron chi connectivity index (χ1n) is 9.54. The summed E-state index contributed by atoms with van der Waals surface area (Å²) in [4.78, 5) is 26.9. The van der Waals surface area contributed by atoms with Crippen LogP contribution in [-0.4, -0.2) is 72.7 Å². The number of carbonyl (C=O) groups is 2. The molecule has 1 atom stereocenters. The van der Waals surface area contributed by atoms with Gasteiger partial charge in [0, 0.05) is 26.1 Å². The van der Waals surface area contributed by atoms with Crippen molar-refractivity contribution in [2.75, 3.05) is 39.8 Å². The van der Waals surface area contributed by atoms with Crippen LogP contribution in [0, 0.1) is 0 Å². The molecule has 6 nitrogen and oxygen atoms in total. The average molecular weight is 376 g/mol. The molecule has 1 fully saturated rings. The molecule has 1 saturated heterocycles. The van der Waals surface area contributed by atoms with Crippen LogP contribution in [0.2, 0.25) is 0 Å². The highest BCUT2D eigenvalue weighted by Gasteiger charge is 2.25. The Balaban J connectivity index is 1.82. The summed E-state index contributed by atoms with van der Waals surface area (Å²) in [6.45, 7) is 8.66. The van der Waals surface area contributed by atoms with Crippen molar-refractivity contribution < 1.29 is 19.4 Å². The molecule has 1 aromatic carbocycles. The molecule has 1 amide bonds. The zero-order chi connectivity index (χ0) is 20.0. The number of aryl methyl sites for hydroxylation is 1. The Morgan fingerprint density at radius 2 is 1.93 bits per heavy atom. The summed E-state index contributed by atoms with van der Waals surface area (Å²) in [5, 5.41) is 8.85. The number of benzene rings is 1. The molecule has 0 bridgehead atoms. The van der Waals surface area contributed by atoms with Gasteiger partial charge in [0.15, 0.2) is 0 Å². The second kappa shape index (κ2) is 9.33. The van der Waals surface area contributed by atoms with Gasteiger partial charge in [0.05, 0.1) is 19.3 Å². The molecule has 27 heavy (non-hydrogen) atoms. The molecule has 150 valence electrons. The van der Waals surface area contributed by atoms with Gasteiger partial charge in [0.25, 0.3) is 0 Å². The van der Waals surface area contributed by atoms with Gasteiger partial charge in [-0.3, -0.25) is 14.5 Å². The SMILES string of the molecule is CN(CC(=O)O)CC1CN(C(=O)CCc2ccc(C(C)(C)C)cc2)CCO1. The maximum absolute atomic E-state index is 12.6. The number of carboxylic acids is 1. The van der Waals surface area contributed by atoms with Gasteiger partial charge < -0.3 is 14.7 Å². The highest BCUT2D eigenvalue weighted by Crippen LogP contribution is 2.22. The minimum absolute atomic E-state index is 0.0294. The van der Waals surface area contributed by atoms with Gasteiger partial charge in [0.1, 0.15) is 0 Å². The predicted octanol–water partition coefficient (Wildman–Crippen LogP) is 2.16. The minimum Gasteiger partial charge on any atom is -0.480 e. The lowest BCUT2D eigenvalue weighted by atomic mass is 9.86. The molecule has 2 rings (SSSR count). The van der Waals surface area contributed by atoms with Crippen molar-refractivity contribution in [1.29, 1.82) is 0 Å².